The van der Waals surface area contributed by atoms with E-state index in [0.717, 1.165) is 0 Å². The molecule has 11 rings (SSSR count). The summed E-state index contributed by atoms with van der Waals surface area (Å²) < 4.78 is 2.91. The quantitative estimate of drug-likeness (QED) is 0.160. The van der Waals surface area contributed by atoms with Crippen LogP contribution in [0.3, 0.4) is 0 Å². The first kappa shape index (κ1) is 44.2. The molecule has 1 aromatic heterocycles. The highest BCUT2D eigenvalue weighted by Crippen LogP contribution is 2.57. The normalized spacial score (nSPS) is 21.1. The van der Waals surface area contributed by atoms with Gasteiger partial charge in [0.1, 0.15) is 0 Å². The smallest absolute Gasteiger partial charge is 0.264 e. The number of anilines is 6. The number of aryl methyl sites for hydroxylation is 2. The second-order valence-corrected chi connectivity index (χ2v) is 27.8. The Hall–Kier alpha value is -4.28. The fraction of sp³-hybridized carbons (Fsp3) is 0.484. The molecule has 0 atom stereocenters. The molecule has 66 heavy (non-hydrogen) atoms. The Bertz CT molecular complexity index is 3070. The highest BCUT2D eigenvalue weighted by molar-refractivity contribution is 7.33. The first-order chi connectivity index (χ1) is 30.6. The molecule has 5 aliphatic rings. The summed E-state index contributed by atoms with van der Waals surface area (Å²) in [4.78, 5) is 5.54. The zero-order valence-electron chi connectivity index (χ0n) is 43.6. The van der Waals surface area contributed by atoms with Crippen molar-refractivity contribution in [3.8, 4) is 0 Å². The van der Waals surface area contributed by atoms with Crippen LogP contribution in [0.25, 0.3) is 10.1 Å². The summed E-state index contributed by atoms with van der Waals surface area (Å²) >= 11 is 2.09. The number of hydrogen-bond acceptors (Lipinski definition) is 3. The van der Waals surface area contributed by atoms with Crippen molar-refractivity contribution >= 4 is 78.0 Å². The molecule has 0 amide bonds. The number of fused-ring (bicyclic) bond motifs is 10. The summed E-state index contributed by atoms with van der Waals surface area (Å²) in [6.45, 7) is 41.8. The van der Waals surface area contributed by atoms with E-state index < -0.39 is 0 Å². The molecule has 0 fully saturated rings. The predicted octanol–water partition coefficient (Wildman–Crippen LogP) is 15.9. The Morgan fingerprint density at radius 3 is 1.65 bits per heavy atom. The Balaban J connectivity index is 1.30. The highest BCUT2D eigenvalue weighted by atomic mass is 32.1. The fourth-order valence-corrected chi connectivity index (χ4v) is 14.8. The van der Waals surface area contributed by atoms with E-state index in [1.165, 1.54) is 137 Å². The molecule has 0 spiro atoms. The van der Waals surface area contributed by atoms with Gasteiger partial charge in [-0.25, -0.2) is 0 Å². The van der Waals surface area contributed by atoms with E-state index in [1.54, 1.807) is 11.1 Å². The zero-order chi connectivity index (χ0) is 47.2. The first-order valence-corrected chi connectivity index (χ1v) is 26.2. The third-order valence-electron chi connectivity index (χ3n) is 18.1. The molecule has 0 bridgehead atoms. The molecule has 4 heteroatoms. The average Bonchev–Trinajstić information content (AvgIpc) is 3.60. The first-order valence-electron chi connectivity index (χ1n) is 25.4. The maximum absolute atomic E-state index is 2.79. The molecule has 5 aromatic carbocycles. The van der Waals surface area contributed by atoms with E-state index in [1.807, 2.05) is 0 Å². The van der Waals surface area contributed by atoms with E-state index in [9.17, 15) is 0 Å². The van der Waals surface area contributed by atoms with Crippen molar-refractivity contribution in [1.29, 1.82) is 0 Å². The lowest BCUT2D eigenvalue weighted by molar-refractivity contribution is 0.331. The van der Waals surface area contributed by atoms with E-state index in [4.69, 9.17) is 0 Å². The summed E-state index contributed by atoms with van der Waals surface area (Å²) in [5.74, 6) is 0. The van der Waals surface area contributed by atoms with Crippen LogP contribution in [0.1, 0.15) is 192 Å². The Morgan fingerprint density at radius 1 is 0.500 bits per heavy atom. The van der Waals surface area contributed by atoms with E-state index in [2.05, 4.69) is 212 Å². The molecular formula is C62H75BN2S. The van der Waals surface area contributed by atoms with Crippen molar-refractivity contribution in [2.75, 3.05) is 9.80 Å². The highest BCUT2D eigenvalue weighted by Gasteiger charge is 2.50. The lowest BCUT2D eigenvalue weighted by Crippen LogP contribution is -2.61. The van der Waals surface area contributed by atoms with Crippen LogP contribution in [0.5, 0.6) is 0 Å². The minimum atomic E-state index is -0.00149. The monoisotopic (exact) mass is 891 g/mol. The second-order valence-electron chi connectivity index (χ2n) is 26.7. The van der Waals surface area contributed by atoms with Crippen LogP contribution in [-0.4, -0.2) is 6.71 Å². The Labute approximate surface area is 402 Å². The Morgan fingerprint density at radius 2 is 1.03 bits per heavy atom. The maximum atomic E-state index is 2.79. The molecule has 0 unspecified atom stereocenters. The molecule has 2 aliphatic heterocycles. The van der Waals surface area contributed by atoms with Gasteiger partial charge in [0.25, 0.3) is 6.71 Å². The van der Waals surface area contributed by atoms with Crippen molar-refractivity contribution in [2.24, 2.45) is 0 Å². The number of rotatable bonds is 2. The van der Waals surface area contributed by atoms with Crippen LogP contribution < -0.4 is 25.5 Å². The van der Waals surface area contributed by atoms with Gasteiger partial charge in [0.2, 0.25) is 0 Å². The van der Waals surface area contributed by atoms with Crippen molar-refractivity contribution < 1.29 is 0 Å². The fourth-order valence-electron chi connectivity index (χ4n) is 13.4. The summed E-state index contributed by atoms with van der Waals surface area (Å²) in [5.41, 5.74) is 24.8. The summed E-state index contributed by atoms with van der Waals surface area (Å²) in [7, 11) is 0. The minimum absolute atomic E-state index is 0.00149. The summed E-state index contributed by atoms with van der Waals surface area (Å²) in [6.07, 6.45) is 7.18. The van der Waals surface area contributed by atoms with Gasteiger partial charge in [-0.05, 0) is 194 Å². The molecule has 3 aliphatic carbocycles. The van der Waals surface area contributed by atoms with Gasteiger partial charge in [-0.2, -0.15) is 0 Å². The van der Waals surface area contributed by atoms with Gasteiger partial charge in [-0.1, -0.05) is 134 Å². The maximum Gasteiger partial charge on any atom is 0.264 e. The molecule has 0 saturated carbocycles. The van der Waals surface area contributed by atoms with Crippen LogP contribution in [-0.2, 0) is 37.9 Å². The number of thiophene rings is 1. The van der Waals surface area contributed by atoms with Gasteiger partial charge in [-0.3, -0.25) is 0 Å². The van der Waals surface area contributed by atoms with Crippen molar-refractivity contribution in [3.05, 3.63) is 123 Å². The number of nitrogens with zero attached hydrogens (tertiary/aromatic N) is 2. The van der Waals surface area contributed by atoms with Gasteiger partial charge in [0.05, 0.1) is 5.69 Å². The van der Waals surface area contributed by atoms with Crippen LogP contribution in [0, 0.1) is 13.8 Å². The van der Waals surface area contributed by atoms with Crippen LogP contribution in [0.15, 0.2) is 72.8 Å². The number of hydrogen-bond donors (Lipinski definition) is 0. The molecule has 6 aromatic rings. The van der Waals surface area contributed by atoms with Crippen LogP contribution >= 0.6 is 11.3 Å². The second kappa shape index (κ2) is 13.7. The topological polar surface area (TPSA) is 6.48 Å². The molecule has 0 N–H and O–H groups in total. The zero-order valence-corrected chi connectivity index (χ0v) is 44.4. The third-order valence-corrected chi connectivity index (χ3v) is 19.3. The van der Waals surface area contributed by atoms with Gasteiger partial charge >= 0.3 is 0 Å². The summed E-state index contributed by atoms with van der Waals surface area (Å²) in [6, 6.07) is 30.5. The van der Waals surface area contributed by atoms with Gasteiger partial charge in [0, 0.05) is 43.3 Å². The van der Waals surface area contributed by atoms with Gasteiger partial charge < -0.3 is 9.80 Å². The molecule has 342 valence electrons. The van der Waals surface area contributed by atoms with Gasteiger partial charge in [-0.15, -0.1) is 11.3 Å². The Kier molecular flexibility index (Phi) is 9.19. The minimum Gasteiger partial charge on any atom is -0.311 e. The van der Waals surface area contributed by atoms with E-state index in [-0.39, 0.29) is 44.6 Å². The van der Waals surface area contributed by atoms with Crippen molar-refractivity contribution in [2.45, 2.75) is 194 Å². The number of benzene rings is 5. The lowest BCUT2D eigenvalue weighted by atomic mass is 9.35. The summed E-state index contributed by atoms with van der Waals surface area (Å²) in [5, 5.41) is 1.41. The largest absolute Gasteiger partial charge is 0.311 e. The van der Waals surface area contributed by atoms with Crippen LogP contribution in [0.4, 0.5) is 34.1 Å². The molecular weight excluding hydrogens is 816 g/mol. The SMILES string of the molecule is Cc1cc2c3c(c1)N(c1cc(C(C)(C)C)ccc1C)c1c(sc4cc5c(cc14)C(C)(C)CCC5(C)C)B3c1ccc3c(c1N2c1ccc2c(c1)C(C)(C)CCC2(C)C)C(C)(C)CCC3(C)C. The molecule has 2 nitrogen and oxygen atoms in total. The molecule has 0 radical (unpaired) electrons. The molecule has 0 saturated heterocycles. The lowest BCUT2D eigenvalue weighted by Gasteiger charge is -2.49. The van der Waals surface area contributed by atoms with Crippen LogP contribution in [0.2, 0.25) is 0 Å². The van der Waals surface area contributed by atoms with Gasteiger partial charge in [0.15, 0.2) is 0 Å². The van der Waals surface area contributed by atoms with E-state index in [0.29, 0.717) is 0 Å². The van der Waals surface area contributed by atoms with E-state index >= 15 is 0 Å². The third kappa shape index (κ3) is 6.24. The van der Waals surface area contributed by atoms with Crippen molar-refractivity contribution in [1.82, 2.24) is 0 Å². The average molecular weight is 891 g/mol. The standard InChI is InChI=1S/C62H75BN2S/c1-36-30-48-52-49(31-36)65(47-32-38(56(3,4)5)19-18-37(47)2)53-40-34-44-45(61(14,15)27-26-60(44,12)13)35-50(40)66-55(53)63(52)46-23-22-42-51(62(16,17)29-28-58(42,8)9)54(46)64(48)39-20-21-41-43(33-39)59(10,11)25-24-57(41,6)7/h18-23,30-35H,24-29H2,1-17H3. The molecule has 3 heterocycles. The van der Waals surface area contributed by atoms with Crippen molar-refractivity contribution in [3.63, 3.8) is 0 Å². The predicted molar refractivity (Wildman–Crippen MR) is 290 cm³/mol.